The van der Waals surface area contributed by atoms with E-state index in [1.165, 1.54) is 25.1 Å². The zero-order chi connectivity index (χ0) is 26.2. The standard InChI is InChI=1S/C22H16F6N2O5/c1-11-16-10-14(34-13-6-4-3-5-7-13)8-9-15(16)18(32)17(29-11)19(33)30-20(21(23,24)25,22(26,27)28)35-12(2)31/h3-10,32H,1-2H3,(H,30,33). The first-order chi connectivity index (χ1) is 16.2. The molecular formula is C22H16F6N2O5. The molecule has 0 spiro atoms. The van der Waals surface area contributed by atoms with Crippen molar-refractivity contribution in [3.8, 4) is 17.2 Å². The number of carbonyl (C=O) groups excluding carboxylic acids is 2. The number of nitrogens with one attached hydrogen (secondary N) is 1. The lowest BCUT2D eigenvalue weighted by Gasteiger charge is -2.36. The van der Waals surface area contributed by atoms with Crippen LogP contribution in [0.2, 0.25) is 0 Å². The number of aryl methyl sites for hydroxylation is 1. The first kappa shape index (κ1) is 25.6. The molecule has 0 aliphatic rings. The number of fused-ring (bicyclic) bond motifs is 1. The van der Waals surface area contributed by atoms with E-state index in [1.807, 2.05) is 0 Å². The highest BCUT2D eigenvalue weighted by Crippen LogP contribution is 2.44. The normalized spacial score (nSPS) is 12.3. The van der Waals surface area contributed by atoms with Gasteiger partial charge in [0.2, 0.25) is 0 Å². The number of alkyl halides is 6. The van der Waals surface area contributed by atoms with Gasteiger partial charge in [-0.05, 0) is 37.3 Å². The van der Waals surface area contributed by atoms with E-state index in [0.717, 1.165) is 0 Å². The molecule has 0 aliphatic heterocycles. The number of pyridine rings is 1. The molecule has 13 heteroatoms. The van der Waals surface area contributed by atoms with Crippen LogP contribution in [0, 0.1) is 6.92 Å². The minimum Gasteiger partial charge on any atom is -0.505 e. The van der Waals surface area contributed by atoms with Crippen LogP contribution in [0.5, 0.6) is 17.2 Å². The summed E-state index contributed by atoms with van der Waals surface area (Å²) in [6.07, 6.45) is -12.6. The van der Waals surface area contributed by atoms with Gasteiger partial charge in [-0.25, -0.2) is 4.98 Å². The van der Waals surface area contributed by atoms with Crippen molar-refractivity contribution in [2.75, 3.05) is 0 Å². The smallest absolute Gasteiger partial charge is 0.458 e. The van der Waals surface area contributed by atoms with Crippen molar-refractivity contribution < 1.29 is 50.5 Å². The molecule has 35 heavy (non-hydrogen) atoms. The lowest BCUT2D eigenvalue weighted by atomic mass is 10.1. The van der Waals surface area contributed by atoms with Gasteiger partial charge in [-0.1, -0.05) is 18.2 Å². The number of esters is 1. The predicted octanol–water partition coefficient (Wildman–Crippen LogP) is 5.15. The average Bonchev–Trinajstić information content (AvgIpc) is 2.74. The SMILES string of the molecule is CC(=O)OC(NC(=O)c1nc(C)c2cc(Oc3ccccc3)ccc2c1O)(C(F)(F)F)C(F)(F)F. The molecule has 186 valence electrons. The summed E-state index contributed by atoms with van der Waals surface area (Å²) in [5.74, 6) is -4.27. The van der Waals surface area contributed by atoms with Crippen molar-refractivity contribution in [1.82, 2.24) is 10.3 Å². The van der Waals surface area contributed by atoms with Crippen molar-refractivity contribution >= 4 is 22.6 Å². The largest absolute Gasteiger partial charge is 0.505 e. The molecule has 0 radical (unpaired) electrons. The second kappa shape index (κ2) is 8.96. The summed E-state index contributed by atoms with van der Waals surface area (Å²) >= 11 is 0. The Morgan fingerprint density at radius 1 is 0.914 bits per heavy atom. The third-order valence-corrected chi connectivity index (χ3v) is 4.72. The van der Waals surface area contributed by atoms with Crippen LogP contribution in [0.1, 0.15) is 23.1 Å². The third-order valence-electron chi connectivity index (χ3n) is 4.72. The summed E-state index contributed by atoms with van der Waals surface area (Å²) in [6.45, 7) is 1.63. The van der Waals surface area contributed by atoms with Crippen LogP contribution < -0.4 is 10.1 Å². The third kappa shape index (κ3) is 4.93. The van der Waals surface area contributed by atoms with Crippen LogP contribution in [-0.4, -0.2) is 40.0 Å². The second-order valence-corrected chi connectivity index (χ2v) is 7.24. The van der Waals surface area contributed by atoms with Gasteiger partial charge >= 0.3 is 24.0 Å². The van der Waals surface area contributed by atoms with Crippen LogP contribution in [0.3, 0.4) is 0 Å². The zero-order valence-electron chi connectivity index (χ0n) is 17.9. The summed E-state index contributed by atoms with van der Waals surface area (Å²) < 4.78 is 89.9. The number of aromatic hydroxyl groups is 1. The Hall–Kier alpha value is -4.03. The molecule has 0 atom stereocenters. The van der Waals surface area contributed by atoms with E-state index in [4.69, 9.17) is 4.74 Å². The summed E-state index contributed by atoms with van der Waals surface area (Å²) in [5.41, 5.74) is -6.52. The highest BCUT2D eigenvalue weighted by atomic mass is 19.4. The van der Waals surface area contributed by atoms with E-state index >= 15 is 0 Å². The lowest BCUT2D eigenvalue weighted by Crippen LogP contribution is -2.69. The molecule has 1 amide bonds. The van der Waals surface area contributed by atoms with Crippen LogP contribution >= 0.6 is 0 Å². The zero-order valence-corrected chi connectivity index (χ0v) is 17.9. The molecule has 0 saturated carbocycles. The van der Waals surface area contributed by atoms with E-state index in [9.17, 15) is 41.0 Å². The molecule has 1 aromatic heterocycles. The molecule has 0 fully saturated rings. The number of amides is 1. The fourth-order valence-corrected chi connectivity index (χ4v) is 3.16. The number of halogens is 6. The quantitative estimate of drug-likeness (QED) is 0.284. The van der Waals surface area contributed by atoms with Crippen LogP contribution in [0.25, 0.3) is 10.8 Å². The number of hydrogen-bond donors (Lipinski definition) is 2. The maximum Gasteiger partial charge on any atom is 0.458 e. The predicted molar refractivity (Wildman–Crippen MR) is 109 cm³/mol. The number of aromatic nitrogens is 1. The second-order valence-electron chi connectivity index (χ2n) is 7.24. The first-order valence-electron chi connectivity index (χ1n) is 9.68. The Morgan fingerprint density at radius 2 is 1.51 bits per heavy atom. The minimum atomic E-state index is -6.29. The Labute approximate surface area is 193 Å². The fraction of sp³-hybridized carbons (Fsp3) is 0.227. The summed E-state index contributed by atoms with van der Waals surface area (Å²) in [5, 5.41) is 11.2. The number of nitrogens with zero attached hydrogens (tertiary/aromatic N) is 1. The number of hydrogen-bond acceptors (Lipinski definition) is 6. The molecule has 1 heterocycles. The van der Waals surface area contributed by atoms with Crippen molar-refractivity contribution in [3.63, 3.8) is 0 Å². The van der Waals surface area contributed by atoms with Gasteiger partial charge < -0.3 is 14.6 Å². The van der Waals surface area contributed by atoms with E-state index in [2.05, 4.69) is 9.72 Å². The van der Waals surface area contributed by atoms with Crippen molar-refractivity contribution in [2.45, 2.75) is 31.9 Å². The van der Waals surface area contributed by atoms with Gasteiger partial charge in [-0.15, -0.1) is 0 Å². The van der Waals surface area contributed by atoms with E-state index < -0.39 is 41.4 Å². The molecular weight excluding hydrogens is 486 g/mol. The maximum atomic E-state index is 13.5. The van der Waals surface area contributed by atoms with Gasteiger partial charge in [0.25, 0.3) is 5.91 Å². The molecule has 0 bridgehead atoms. The molecule has 0 saturated heterocycles. The van der Waals surface area contributed by atoms with Crippen molar-refractivity contribution in [2.24, 2.45) is 0 Å². The van der Waals surface area contributed by atoms with Gasteiger partial charge in [0.05, 0.1) is 0 Å². The van der Waals surface area contributed by atoms with Gasteiger partial charge in [0, 0.05) is 23.4 Å². The summed E-state index contributed by atoms with van der Waals surface area (Å²) in [6, 6.07) is 12.6. The minimum absolute atomic E-state index is 0.0152. The van der Waals surface area contributed by atoms with Gasteiger partial charge in [0.15, 0.2) is 11.4 Å². The molecule has 2 aromatic carbocycles. The first-order valence-corrected chi connectivity index (χ1v) is 9.68. The maximum absolute atomic E-state index is 13.5. The van der Waals surface area contributed by atoms with Crippen molar-refractivity contribution in [1.29, 1.82) is 0 Å². The Bertz CT molecular complexity index is 1260. The number of carbonyl (C=O) groups is 2. The topological polar surface area (TPSA) is 97.8 Å². The Morgan fingerprint density at radius 3 is 2.06 bits per heavy atom. The van der Waals surface area contributed by atoms with E-state index in [0.29, 0.717) is 18.0 Å². The molecule has 3 aromatic rings. The van der Waals surface area contributed by atoms with Gasteiger partial charge in [-0.3, -0.25) is 14.9 Å². The molecule has 3 rings (SSSR count). The van der Waals surface area contributed by atoms with Gasteiger partial charge in [-0.2, -0.15) is 26.3 Å². The fourth-order valence-electron chi connectivity index (χ4n) is 3.16. The van der Waals surface area contributed by atoms with Crippen LogP contribution in [0.4, 0.5) is 26.3 Å². The number of ether oxygens (including phenoxy) is 2. The van der Waals surface area contributed by atoms with Crippen molar-refractivity contribution in [3.05, 3.63) is 59.9 Å². The molecule has 0 unspecified atom stereocenters. The summed E-state index contributed by atoms with van der Waals surface area (Å²) in [7, 11) is 0. The lowest BCUT2D eigenvalue weighted by molar-refractivity contribution is -0.376. The van der Waals surface area contributed by atoms with Crippen LogP contribution in [0.15, 0.2) is 48.5 Å². The van der Waals surface area contributed by atoms with E-state index in [-0.39, 0.29) is 22.2 Å². The van der Waals surface area contributed by atoms with Gasteiger partial charge in [0.1, 0.15) is 11.5 Å². The number of para-hydroxylation sites is 1. The van der Waals surface area contributed by atoms with Crippen LogP contribution in [-0.2, 0) is 9.53 Å². The Balaban J connectivity index is 2.05. The molecule has 2 N–H and O–H groups in total. The molecule has 7 nitrogen and oxygen atoms in total. The average molecular weight is 502 g/mol. The molecule has 0 aliphatic carbocycles. The Kier molecular flexibility index (Phi) is 6.55. The number of benzene rings is 2. The summed E-state index contributed by atoms with van der Waals surface area (Å²) in [4.78, 5) is 27.3. The highest BCUT2D eigenvalue weighted by Gasteiger charge is 2.76. The highest BCUT2D eigenvalue weighted by molar-refractivity contribution is 6.03. The van der Waals surface area contributed by atoms with E-state index in [1.54, 1.807) is 30.3 Å². The monoisotopic (exact) mass is 502 g/mol. The number of rotatable bonds is 5.